The lowest BCUT2D eigenvalue weighted by Crippen LogP contribution is -1.97. The molecule has 0 N–H and O–H groups in total. The van der Waals surface area contributed by atoms with Crippen molar-refractivity contribution < 1.29 is 9.13 Å². The third kappa shape index (κ3) is 4.32. The molecule has 0 aliphatic carbocycles. The lowest BCUT2D eigenvalue weighted by atomic mass is 10.1. The molecule has 0 aromatic heterocycles. The number of hydrogen-bond donors (Lipinski definition) is 0. The van der Waals surface area contributed by atoms with E-state index in [0.717, 1.165) is 18.8 Å². The minimum atomic E-state index is -0.904. The maximum atomic E-state index is 12.9. The highest BCUT2D eigenvalue weighted by atomic mass is 19.1. The van der Waals surface area contributed by atoms with Crippen LogP contribution < -0.4 is 4.74 Å². The van der Waals surface area contributed by atoms with Crippen molar-refractivity contribution in [2.24, 2.45) is 0 Å². The number of benzene rings is 1. The number of halogens is 1. The zero-order valence-electron chi connectivity index (χ0n) is 9.50. The van der Waals surface area contributed by atoms with Crippen molar-refractivity contribution in [1.29, 1.82) is 0 Å². The summed E-state index contributed by atoms with van der Waals surface area (Å²) in [6.07, 6.45) is 2.57. The van der Waals surface area contributed by atoms with Crippen LogP contribution in [-0.4, -0.2) is 6.61 Å². The van der Waals surface area contributed by atoms with Gasteiger partial charge in [0.1, 0.15) is 11.9 Å². The molecule has 1 aromatic rings. The van der Waals surface area contributed by atoms with Gasteiger partial charge in [-0.3, -0.25) is 0 Å². The molecule has 1 rings (SSSR count). The third-order valence-corrected chi connectivity index (χ3v) is 2.36. The van der Waals surface area contributed by atoms with Crippen LogP contribution in [0.25, 0.3) is 0 Å². The molecule has 0 heterocycles. The smallest absolute Gasteiger partial charge is 0.122 e. The Bertz CT molecular complexity index is 266. The van der Waals surface area contributed by atoms with Crippen LogP contribution in [0.4, 0.5) is 4.39 Å². The highest BCUT2D eigenvalue weighted by Crippen LogP contribution is 2.19. The summed E-state index contributed by atoms with van der Waals surface area (Å²) < 4.78 is 18.4. The first-order valence-corrected chi connectivity index (χ1v) is 5.61. The summed E-state index contributed by atoms with van der Waals surface area (Å²) in [5, 5.41) is 0. The van der Waals surface area contributed by atoms with Crippen molar-refractivity contribution in [3.8, 4) is 5.75 Å². The van der Waals surface area contributed by atoms with Gasteiger partial charge in [0, 0.05) is 0 Å². The Balaban J connectivity index is 2.36. The molecule has 0 amide bonds. The minimum absolute atomic E-state index is 0.705. The average molecular weight is 210 g/mol. The molecule has 0 saturated carbocycles. The van der Waals surface area contributed by atoms with E-state index in [1.807, 2.05) is 12.1 Å². The molecule has 0 radical (unpaired) electrons. The Labute approximate surface area is 91.3 Å². The lowest BCUT2D eigenvalue weighted by molar-refractivity contribution is 0.305. The van der Waals surface area contributed by atoms with Gasteiger partial charge in [0.05, 0.1) is 6.61 Å². The topological polar surface area (TPSA) is 9.23 Å². The van der Waals surface area contributed by atoms with Crippen LogP contribution in [0.5, 0.6) is 5.75 Å². The first-order valence-electron chi connectivity index (χ1n) is 5.61. The second-order valence-corrected chi connectivity index (χ2v) is 3.74. The van der Waals surface area contributed by atoms with Crippen molar-refractivity contribution in [2.45, 2.75) is 39.3 Å². The van der Waals surface area contributed by atoms with Crippen LogP contribution in [0.3, 0.4) is 0 Å². The Kier molecular flexibility index (Phi) is 5.16. The highest BCUT2D eigenvalue weighted by Gasteiger charge is 2.01. The Hall–Kier alpha value is -1.05. The van der Waals surface area contributed by atoms with Crippen molar-refractivity contribution in [1.82, 2.24) is 0 Å². The van der Waals surface area contributed by atoms with E-state index in [4.69, 9.17) is 4.74 Å². The molecule has 1 nitrogen and oxygen atoms in total. The van der Waals surface area contributed by atoms with Crippen LogP contribution in [-0.2, 0) is 0 Å². The maximum absolute atomic E-state index is 12.9. The molecule has 0 fully saturated rings. The Morgan fingerprint density at radius 2 is 1.87 bits per heavy atom. The van der Waals surface area contributed by atoms with E-state index in [2.05, 4.69) is 6.92 Å². The van der Waals surface area contributed by atoms with Gasteiger partial charge >= 0.3 is 0 Å². The summed E-state index contributed by atoms with van der Waals surface area (Å²) in [7, 11) is 0. The predicted molar refractivity (Wildman–Crippen MR) is 61.0 cm³/mol. The van der Waals surface area contributed by atoms with Gasteiger partial charge in [0.2, 0.25) is 0 Å². The van der Waals surface area contributed by atoms with Crippen molar-refractivity contribution in [2.75, 3.05) is 6.61 Å². The fourth-order valence-corrected chi connectivity index (χ4v) is 1.37. The zero-order valence-corrected chi connectivity index (χ0v) is 9.50. The largest absolute Gasteiger partial charge is 0.494 e. The second-order valence-electron chi connectivity index (χ2n) is 3.74. The molecular weight excluding hydrogens is 191 g/mol. The summed E-state index contributed by atoms with van der Waals surface area (Å²) in [6.45, 7) is 4.45. The van der Waals surface area contributed by atoms with E-state index in [0.29, 0.717) is 5.56 Å². The van der Waals surface area contributed by atoms with E-state index < -0.39 is 6.17 Å². The number of ether oxygens (including phenoxy) is 1. The van der Waals surface area contributed by atoms with Crippen LogP contribution in [0.2, 0.25) is 0 Å². The van der Waals surface area contributed by atoms with Gasteiger partial charge in [-0.2, -0.15) is 0 Å². The molecule has 2 heteroatoms. The van der Waals surface area contributed by atoms with E-state index in [1.165, 1.54) is 19.8 Å². The average Bonchev–Trinajstić information content (AvgIpc) is 2.25. The molecule has 0 spiro atoms. The highest BCUT2D eigenvalue weighted by molar-refractivity contribution is 5.28. The van der Waals surface area contributed by atoms with Crippen LogP contribution in [0.1, 0.15) is 44.8 Å². The van der Waals surface area contributed by atoms with E-state index in [-0.39, 0.29) is 0 Å². The minimum Gasteiger partial charge on any atom is -0.494 e. The monoisotopic (exact) mass is 210 g/mol. The first-order chi connectivity index (χ1) is 7.24. The molecule has 1 atom stereocenters. The Morgan fingerprint density at radius 1 is 1.20 bits per heavy atom. The van der Waals surface area contributed by atoms with Crippen molar-refractivity contribution in [3.05, 3.63) is 29.8 Å². The summed E-state index contributed by atoms with van der Waals surface area (Å²) in [6, 6.07) is 7.22. The molecule has 0 saturated heterocycles. The van der Waals surface area contributed by atoms with E-state index in [1.54, 1.807) is 12.1 Å². The standard InChI is InChI=1S/C13H19FO/c1-3-4-5-10-15-13-8-6-12(7-9-13)11(2)14/h6-9,11H,3-5,10H2,1-2H3. The normalized spacial score (nSPS) is 12.5. The van der Waals surface area contributed by atoms with Gasteiger partial charge in [-0.25, -0.2) is 4.39 Å². The quantitative estimate of drug-likeness (QED) is 0.636. The van der Waals surface area contributed by atoms with Gasteiger partial charge < -0.3 is 4.74 Å². The first kappa shape index (κ1) is 12.0. The van der Waals surface area contributed by atoms with Gasteiger partial charge in [-0.15, -0.1) is 0 Å². The molecular formula is C13H19FO. The van der Waals surface area contributed by atoms with E-state index >= 15 is 0 Å². The summed E-state index contributed by atoms with van der Waals surface area (Å²) in [4.78, 5) is 0. The molecule has 1 aromatic carbocycles. The van der Waals surface area contributed by atoms with Crippen molar-refractivity contribution in [3.63, 3.8) is 0 Å². The fourth-order valence-electron chi connectivity index (χ4n) is 1.37. The van der Waals surface area contributed by atoms with Crippen LogP contribution >= 0.6 is 0 Å². The van der Waals surface area contributed by atoms with Crippen molar-refractivity contribution >= 4 is 0 Å². The zero-order chi connectivity index (χ0) is 11.1. The summed E-state index contributed by atoms with van der Waals surface area (Å²) in [5.41, 5.74) is 0.705. The third-order valence-electron chi connectivity index (χ3n) is 2.36. The number of rotatable bonds is 6. The number of unbranched alkanes of at least 4 members (excludes halogenated alkanes) is 2. The van der Waals surface area contributed by atoms with Crippen LogP contribution in [0, 0.1) is 0 Å². The van der Waals surface area contributed by atoms with Crippen LogP contribution in [0.15, 0.2) is 24.3 Å². The van der Waals surface area contributed by atoms with Gasteiger partial charge in [0.25, 0.3) is 0 Å². The second kappa shape index (κ2) is 6.44. The van der Waals surface area contributed by atoms with E-state index in [9.17, 15) is 4.39 Å². The SMILES string of the molecule is CCCCCOc1ccc(C(C)F)cc1. The number of hydrogen-bond acceptors (Lipinski definition) is 1. The van der Waals surface area contributed by atoms with Gasteiger partial charge in [-0.1, -0.05) is 31.9 Å². The summed E-state index contributed by atoms with van der Waals surface area (Å²) >= 11 is 0. The molecule has 15 heavy (non-hydrogen) atoms. The van der Waals surface area contributed by atoms with Gasteiger partial charge in [0.15, 0.2) is 0 Å². The number of alkyl halides is 1. The summed E-state index contributed by atoms with van der Waals surface area (Å²) in [5.74, 6) is 0.829. The fraction of sp³-hybridized carbons (Fsp3) is 0.538. The molecule has 0 aliphatic heterocycles. The molecule has 1 unspecified atom stereocenters. The molecule has 0 bridgehead atoms. The molecule has 0 aliphatic rings. The Morgan fingerprint density at radius 3 is 2.40 bits per heavy atom. The predicted octanol–water partition coefficient (Wildman–Crippen LogP) is 4.29. The molecule has 84 valence electrons. The van der Waals surface area contributed by atoms with Gasteiger partial charge in [-0.05, 0) is 31.0 Å². The maximum Gasteiger partial charge on any atom is 0.122 e. The lowest BCUT2D eigenvalue weighted by Gasteiger charge is -2.07.